The third-order valence-electron chi connectivity index (χ3n) is 2.57. The quantitative estimate of drug-likeness (QED) is 0.856. The van der Waals surface area contributed by atoms with Crippen molar-refractivity contribution in [1.29, 1.82) is 0 Å². The average molecular weight is 268 g/mol. The molecule has 0 unspecified atom stereocenters. The van der Waals surface area contributed by atoms with E-state index in [0.717, 1.165) is 5.57 Å². The van der Waals surface area contributed by atoms with E-state index in [9.17, 15) is 4.79 Å². The molecule has 0 aliphatic heterocycles. The van der Waals surface area contributed by atoms with Crippen LogP contribution < -0.4 is 10.6 Å². The Labute approximate surface area is 112 Å². The highest BCUT2D eigenvalue weighted by Gasteiger charge is 2.12. The number of amides is 2. The molecule has 0 bridgehead atoms. The highest BCUT2D eigenvalue weighted by Crippen LogP contribution is 2.23. The molecule has 1 aromatic heterocycles. The van der Waals surface area contributed by atoms with Gasteiger partial charge < -0.3 is 5.32 Å². The molecule has 18 heavy (non-hydrogen) atoms. The van der Waals surface area contributed by atoms with Gasteiger partial charge in [0, 0.05) is 17.4 Å². The molecule has 1 rings (SSSR count). The molecule has 2 amide bonds. The van der Waals surface area contributed by atoms with Gasteiger partial charge in [-0.15, -0.1) is 0 Å². The van der Waals surface area contributed by atoms with Crippen LogP contribution in [-0.2, 0) is 0 Å². The van der Waals surface area contributed by atoms with Gasteiger partial charge in [0.1, 0.15) is 5.82 Å². The van der Waals surface area contributed by atoms with Crippen LogP contribution in [0.1, 0.15) is 27.7 Å². The lowest BCUT2D eigenvalue weighted by Crippen LogP contribution is -2.25. The van der Waals surface area contributed by atoms with Crippen molar-refractivity contribution in [2.24, 2.45) is 5.41 Å². The number of hydrogen-bond donors (Lipinski definition) is 2. The molecular formula is C13H18ClN3O. The summed E-state index contributed by atoms with van der Waals surface area (Å²) in [4.78, 5) is 15.6. The minimum atomic E-state index is -0.339. The second-order valence-corrected chi connectivity index (χ2v) is 5.47. The molecule has 0 fully saturated rings. The minimum Gasteiger partial charge on any atom is -0.314 e. The third-order valence-corrected chi connectivity index (χ3v) is 2.80. The number of carbonyl (C=O) groups excluding carboxylic acids is 1. The summed E-state index contributed by atoms with van der Waals surface area (Å²) in [5.74, 6) is 0.418. The van der Waals surface area contributed by atoms with Crippen molar-refractivity contribution in [3.63, 3.8) is 0 Å². The third kappa shape index (κ3) is 4.75. The van der Waals surface area contributed by atoms with E-state index in [2.05, 4.69) is 36.4 Å². The second-order valence-electron chi connectivity index (χ2n) is 5.04. The summed E-state index contributed by atoms with van der Waals surface area (Å²) in [5, 5.41) is 5.79. The van der Waals surface area contributed by atoms with Gasteiger partial charge in [-0.1, -0.05) is 37.9 Å². The topological polar surface area (TPSA) is 54.0 Å². The van der Waals surface area contributed by atoms with Gasteiger partial charge in [-0.05, 0) is 24.5 Å². The lowest BCUT2D eigenvalue weighted by Gasteiger charge is -2.19. The Morgan fingerprint density at radius 1 is 1.44 bits per heavy atom. The minimum absolute atomic E-state index is 0.0294. The van der Waals surface area contributed by atoms with Gasteiger partial charge >= 0.3 is 6.03 Å². The van der Waals surface area contributed by atoms with Crippen LogP contribution in [0.15, 0.2) is 30.1 Å². The molecule has 1 heterocycles. The predicted octanol–water partition coefficient (Wildman–Crippen LogP) is 3.81. The number of rotatable bonds is 2. The average Bonchev–Trinajstić information content (AvgIpc) is 2.24. The number of anilines is 1. The number of nitrogens with zero attached hydrogens (tertiary/aromatic N) is 1. The Morgan fingerprint density at radius 2 is 2.11 bits per heavy atom. The maximum Gasteiger partial charge on any atom is 0.324 e. The SMILES string of the molecule is C/C(=C\NC(=O)Nc1cc(Cl)ccn1)C(C)(C)C. The summed E-state index contributed by atoms with van der Waals surface area (Å²) in [7, 11) is 0. The van der Waals surface area contributed by atoms with E-state index >= 15 is 0 Å². The maximum absolute atomic E-state index is 11.6. The van der Waals surface area contributed by atoms with E-state index in [-0.39, 0.29) is 11.4 Å². The van der Waals surface area contributed by atoms with Crippen LogP contribution in [0.5, 0.6) is 0 Å². The summed E-state index contributed by atoms with van der Waals surface area (Å²) in [5.41, 5.74) is 1.11. The van der Waals surface area contributed by atoms with Crippen LogP contribution in [0.25, 0.3) is 0 Å². The van der Waals surface area contributed by atoms with Crippen molar-refractivity contribution >= 4 is 23.4 Å². The molecule has 0 aliphatic rings. The monoisotopic (exact) mass is 267 g/mol. The molecule has 4 nitrogen and oxygen atoms in total. The molecule has 0 spiro atoms. The van der Waals surface area contributed by atoms with Crippen LogP contribution in [0.4, 0.5) is 10.6 Å². The number of aromatic nitrogens is 1. The van der Waals surface area contributed by atoms with Crippen LogP contribution in [-0.4, -0.2) is 11.0 Å². The molecule has 0 saturated heterocycles. The van der Waals surface area contributed by atoms with Crippen LogP contribution in [0.3, 0.4) is 0 Å². The fourth-order valence-electron chi connectivity index (χ4n) is 1.02. The van der Waals surface area contributed by atoms with Gasteiger partial charge in [-0.2, -0.15) is 0 Å². The highest BCUT2D eigenvalue weighted by atomic mass is 35.5. The Bertz CT molecular complexity index is 464. The van der Waals surface area contributed by atoms with Gasteiger partial charge in [0.25, 0.3) is 0 Å². The van der Waals surface area contributed by atoms with E-state index in [0.29, 0.717) is 10.8 Å². The first-order chi connectivity index (χ1) is 8.29. The normalized spacial score (nSPS) is 12.2. The number of allylic oxidation sites excluding steroid dienone is 1. The van der Waals surface area contributed by atoms with Gasteiger partial charge in [-0.3, -0.25) is 5.32 Å². The number of carbonyl (C=O) groups is 1. The molecule has 0 aromatic carbocycles. The predicted molar refractivity (Wildman–Crippen MR) is 74.6 cm³/mol. The number of hydrogen-bond acceptors (Lipinski definition) is 2. The fraction of sp³-hybridized carbons (Fsp3) is 0.385. The Balaban J connectivity index is 2.58. The van der Waals surface area contributed by atoms with Crippen molar-refractivity contribution in [3.8, 4) is 0 Å². The van der Waals surface area contributed by atoms with Gasteiger partial charge in [0.05, 0.1) is 0 Å². The summed E-state index contributed by atoms with van der Waals surface area (Å²) < 4.78 is 0. The van der Waals surface area contributed by atoms with E-state index in [1.807, 2.05) is 6.92 Å². The Hall–Kier alpha value is -1.55. The first-order valence-electron chi connectivity index (χ1n) is 5.65. The van der Waals surface area contributed by atoms with E-state index in [4.69, 9.17) is 11.6 Å². The summed E-state index contributed by atoms with van der Waals surface area (Å²) in [6.07, 6.45) is 3.23. The molecule has 2 N–H and O–H groups in total. The van der Waals surface area contributed by atoms with Crippen molar-refractivity contribution < 1.29 is 4.79 Å². The van der Waals surface area contributed by atoms with Crippen LogP contribution >= 0.6 is 11.6 Å². The smallest absolute Gasteiger partial charge is 0.314 e. The number of nitrogens with one attached hydrogen (secondary N) is 2. The van der Waals surface area contributed by atoms with Crippen molar-refractivity contribution in [3.05, 3.63) is 35.1 Å². The van der Waals surface area contributed by atoms with Gasteiger partial charge in [0.2, 0.25) is 0 Å². The van der Waals surface area contributed by atoms with E-state index in [1.165, 1.54) is 6.20 Å². The van der Waals surface area contributed by atoms with Gasteiger partial charge in [-0.25, -0.2) is 9.78 Å². The summed E-state index contributed by atoms with van der Waals surface area (Å²) in [6.45, 7) is 8.21. The maximum atomic E-state index is 11.6. The van der Waals surface area contributed by atoms with E-state index < -0.39 is 0 Å². The molecule has 5 heteroatoms. The summed E-state index contributed by atoms with van der Waals surface area (Å²) >= 11 is 5.79. The molecule has 0 atom stereocenters. The van der Waals surface area contributed by atoms with Crippen molar-refractivity contribution in [1.82, 2.24) is 10.3 Å². The number of urea groups is 1. The first-order valence-corrected chi connectivity index (χ1v) is 6.03. The largest absolute Gasteiger partial charge is 0.324 e. The molecular weight excluding hydrogens is 250 g/mol. The molecule has 1 aromatic rings. The number of pyridine rings is 1. The van der Waals surface area contributed by atoms with Crippen LogP contribution in [0, 0.1) is 5.41 Å². The Kier molecular flexibility index (Phi) is 4.73. The standard InChI is InChI=1S/C13H18ClN3O/c1-9(13(2,3)4)8-16-12(18)17-11-7-10(14)5-6-15-11/h5-8H,1-4H3,(H2,15,16,17,18)/b9-8+. The molecule has 98 valence electrons. The second kappa shape index (κ2) is 5.87. The first kappa shape index (κ1) is 14.5. The molecule has 0 aliphatic carbocycles. The fourth-order valence-corrected chi connectivity index (χ4v) is 1.18. The lowest BCUT2D eigenvalue weighted by molar-refractivity contribution is 0.255. The van der Waals surface area contributed by atoms with Crippen LogP contribution in [0.2, 0.25) is 5.02 Å². The highest BCUT2D eigenvalue weighted by molar-refractivity contribution is 6.30. The van der Waals surface area contributed by atoms with Gasteiger partial charge in [0.15, 0.2) is 0 Å². The number of halogens is 1. The Morgan fingerprint density at radius 3 is 2.67 bits per heavy atom. The lowest BCUT2D eigenvalue weighted by atomic mass is 9.88. The van der Waals surface area contributed by atoms with E-state index in [1.54, 1.807) is 18.3 Å². The van der Waals surface area contributed by atoms with Crippen molar-refractivity contribution in [2.45, 2.75) is 27.7 Å². The zero-order chi connectivity index (χ0) is 13.8. The zero-order valence-electron chi connectivity index (χ0n) is 11.0. The molecule has 0 radical (unpaired) electrons. The summed E-state index contributed by atoms with van der Waals surface area (Å²) in [6, 6.07) is 2.89. The van der Waals surface area contributed by atoms with Crippen molar-refractivity contribution in [2.75, 3.05) is 5.32 Å². The molecule has 0 saturated carbocycles. The zero-order valence-corrected chi connectivity index (χ0v) is 11.8.